The molecule has 2 aromatic carbocycles. The summed E-state index contributed by atoms with van der Waals surface area (Å²) in [6.07, 6.45) is 0.923. The Morgan fingerprint density at radius 2 is 1.44 bits per heavy atom. The number of rotatable bonds is 7. The molecule has 1 saturated heterocycles. The van der Waals surface area contributed by atoms with Crippen LogP contribution in [0.25, 0.3) is 0 Å². The van der Waals surface area contributed by atoms with E-state index in [1.54, 1.807) is 0 Å². The molecule has 1 fully saturated rings. The maximum absolute atomic E-state index is 5.87. The zero-order chi connectivity index (χ0) is 16.6. The van der Waals surface area contributed by atoms with Crippen LogP contribution in [0.3, 0.4) is 0 Å². The Labute approximate surface area is 181 Å². The lowest BCUT2D eigenvalue weighted by Crippen LogP contribution is -2.47. The Hall–Kier alpha value is -1.17. The first-order valence-corrected chi connectivity index (χ1v) is 8.79. The molecule has 0 bridgehead atoms. The maximum atomic E-state index is 5.87. The van der Waals surface area contributed by atoms with Crippen molar-refractivity contribution in [2.75, 3.05) is 50.8 Å². The molecule has 2 aromatic rings. The molecule has 0 unspecified atom stereocenters. The standard InChI is InChI=1S/C20H27N3O.3ClH/c21-11-10-18-6-8-20(9-7-18)24-17-16-22-12-14-23(15-13-22)19-4-2-1-3-5-19;;;/h1-9H,10-17,21H2;3*1H. The number of hydrogen-bond acceptors (Lipinski definition) is 4. The lowest BCUT2D eigenvalue weighted by atomic mass is 10.1. The van der Waals surface area contributed by atoms with Crippen LogP contribution in [0.2, 0.25) is 0 Å². The third-order valence-electron chi connectivity index (χ3n) is 4.53. The lowest BCUT2D eigenvalue weighted by molar-refractivity contribution is 0.200. The molecule has 1 aliphatic heterocycles. The molecule has 0 atom stereocenters. The van der Waals surface area contributed by atoms with Crippen molar-refractivity contribution in [2.45, 2.75) is 6.42 Å². The molecule has 0 aliphatic carbocycles. The van der Waals surface area contributed by atoms with Crippen LogP contribution in [0.5, 0.6) is 5.75 Å². The average Bonchev–Trinajstić information content (AvgIpc) is 2.65. The number of para-hydroxylation sites is 1. The number of nitrogens with zero attached hydrogens (tertiary/aromatic N) is 2. The second kappa shape index (κ2) is 13.9. The largest absolute Gasteiger partial charge is 0.492 e. The van der Waals surface area contributed by atoms with Gasteiger partial charge >= 0.3 is 0 Å². The number of nitrogens with two attached hydrogens (primary N) is 1. The van der Waals surface area contributed by atoms with Gasteiger partial charge in [0.15, 0.2) is 0 Å². The summed E-state index contributed by atoms with van der Waals surface area (Å²) in [6.45, 7) is 6.75. The number of hydrogen-bond donors (Lipinski definition) is 1. The van der Waals surface area contributed by atoms with Crippen LogP contribution in [-0.2, 0) is 6.42 Å². The van der Waals surface area contributed by atoms with Gasteiger partial charge in [-0.3, -0.25) is 4.90 Å². The number of anilines is 1. The minimum absolute atomic E-state index is 0. The van der Waals surface area contributed by atoms with E-state index in [0.29, 0.717) is 6.54 Å². The van der Waals surface area contributed by atoms with Crippen LogP contribution in [0.1, 0.15) is 5.56 Å². The predicted octanol–water partition coefficient (Wildman–Crippen LogP) is 3.65. The molecule has 0 amide bonds. The highest BCUT2D eigenvalue weighted by molar-refractivity contribution is 5.86. The third-order valence-corrected chi connectivity index (χ3v) is 4.53. The van der Waals surface area contributed by atoms with Gasteiger partial charge in [0.25, 0.3) is 0 Å². The minimum atomic E-state index is 0. The van der Waals surface area contributed by atoms with Gasteiger partial charge in [-0.05, 0) is 42.8 Å². The molecule has 0 radical (unpaired) electrons. The van der Waals surface area contributed by atoms with Crippen molar-refractivity contribution < 1.29 is 4.74 Å². The molecule has 0 saturated carbocycles. The van der Waals surface area contributed by atoms with Crippen molar-refractivity contribution in [3.05, 3.63) is 60.2 Å². The lowest BCUT2D eigenvalue weighted by Gasteiger charge is -2.36. The first-order chi connectivity index (χ1) is 11.8. The third kappa shape index (κ3) is 8.16. The van der Waals surface area contributed by atoms with E-state index in [0.717, 1.165) is 51.5 Å². The summed E-state index contributed by atoms with van der Waals surface area (Å²) in [5, 5.41) is 0. The highest BCUT2D eigenvalue weighted by atomic mass is 35.5. The molecule has 3 rings (SSSR count). The predicted molar refractivity (Wildman–Crippen MR) is 122 cm³/mol. The van der Waals surface area contributed by atoms with Crippen LogP contribution >= 0.6 is 37.2 Å². The first-order valence-electron chi connectivity index (χ1n) is 8.79. The maximum Gasteiger partial charge on any atom is 0.119 e. The van der Waals surface area contributed by atoms with E-state index in [4.69, 9.17) is 10.5 Å². The van der Waals surface area contributed by atoms with E-state index >= 15 is 0 Å². The van der Waals surface area contributed by atoms with Gasteiger partial charge in [0.05, 0.1) is 0 Å². The molecule has 0 spiro atoms. The SMILES string of the molecule is Cl.Cl.Cl.NCCc1ccc(OCCN2CCN(c3ccccc3)CC2)cc1. The molecule has 0 aromatic heterocycles. The van der Waals surface area contributed by atoms with Crippen molar-refractivity contribution in [3.63, 3.8) is 0 Å². The van der Waals surface area contributed by atoms with Gasteiger partial charge in [0.1, 0.15) is 12.4 Å². The van der Waals surface area contributed by atoms with Crippen molar-refractivity contribution in [1.29, 1.82) is 0 Å². The van der Waals surface area contributed by atoms with E-state index in [9.17, 15) is 0 Å². The normalized spacial score (nSPS) is 13.7. The van der Waals surface area contributed by atoms with Crippen LogP contribution in [-0.4, -0.2) is 50.8 Å². The van der Waals surface area contributed by atoms with Crippen LogP contribution < -0.4 is 15.4 Å². The quantitative estimate of drug-likeness (QED) is 0.722. The van der Waals surface area contributed by atoms with Crippen molar-refractivity contribution in [2.24, 2.45) is 5.73 Å². The minimum Gasteiger partial charge on any atom is -0.492 e. The second-order valence-electron chi connectivity index (χ2n) is 6.20. The Kier molecular flexibility index (Phi) is 13.3. The summed E-state index contributed by atoms with van der Waals surface area (Å²) in [6, 6.07) is 18.9. The van der Waals surface area contributed by atoms with Crippen LogP contribution in [0.15, 0.2) is 54.6 Å². The van der Waals surface area contributed by atoms with E-state index in [-0.39, 0.29) is 37.2 Å². The first kappa shape index (κ1) is 25.8. The Morgan fingerprint density at radius 3 is 2.04 bits per heavy atom. The van der Waals surface area contributed by atoms with Gasteiger partial charge in [-0.1, -0.05) is 30.3 Å². The Bertz CT molecular complexity index is 606. The molecular weight excluding hydrogens is 405 g/mol. The molecule has 152 valence electrons. The fourth-order valence-corrected chi connectivity index (χ4v) is 3.08. The summed E-state index contributed by atoms with van der Waals surface area (Å²) < 4.78 is 5.87. The van der Waals surface area contributed by atoms with Crippen molar-refractivity contribution >= 4 is 42.9 Å². The smallest absolute Gasteiger partial charge is 0.119 e. The zero-order valence-electron chi connectivity index (χ0n) is 15.5. The van der Waals surface area contributed by atoms with Crippen molar-refractivity contribution in [3.8, 4) is 5.75 Å². The molecule has 2 N–H and O–H groups in total. The summed E-state index contributed by atoms with van der Waals surface area (Å²) in [7, 11) is 0. The Morgan fingerprint density at radius 1 is 0.815 bits per heavy atom. The topological polar surface area (TPSA) is 41.7 Å². The highest BCUT2D eigenvalue weighted by Crippen LogP contribution is 2.16. The van der Waals surface area contributed by atoms with Gasteiger partial charge in [-0.2, -0.15) is 0 Å². The number of piperazine rings is 1. The van der Waals surface area contributed by atoms with E-state index in [2.05, 4.69) is 52.3 Å². The fraction of sp³-hybridized carbons (Fsp3) is 0.400. The molecular formula is C20H30Cl3N3O. The average molecular weight is 435 g/mol. The molecule has 27 heavy (non-hydrogen) atoms. The van der Waals surface area contributed by atoms with E-state index in [1.807, 2.05) is 12.1 Å². The van der Waals surface area contributed by atoms with E-state index in [1.165, 1.54) is 11.3 Å². The summed E-state index contributed by atoms with van der Waals surface area (Å²) in [4.78, 5) is 4.93. The summed E-state index contributed by atoms with van der Waals surface area (Å²) >= 11 is 0. The Balaban J connectivity index is 0.00000225. The van der Waals surface area contributed by atoms with Gasteiger partial charge < -0.3 is 15.4 Å². The van der Waals surface area contributed by atoms with E-state index < -0.39 is 0 Å². The highest BCUT2D eigenvalue weighted by Gasteiger charge is 2.16. The molecule has 1 aliphatic rings. The summed E-state index contributed by atoms with van der Waals surface area (Å²) in [5.41, 5.74) is 8.16. The van der Waals surface area contributed by atoms with Crippen LogP contribution in [0.4, 0.5) is 5.69 Å². The van der Waals surface area contributed by atoms with Gasteiger partial charge in [-0.25, -0.2) is 0 Å². The van der Waals surface area contributed by atoms with Gasteiger partial charge in [0.2, 0.25) is 0 Å². The van der Waals surface area contributed by atoms with Gasteiger partial charge in [-0.15, -0.1) is 37.2 Å². The second-order valence-corrected chi connectivity index (χ2v) is 6.20. The van der Waals surface area contributed by atoms with Crippen molar-refractivity contribution in [1.82, 2.24) is 4.90 Å². The fourth-order valence-electron chi connectivity index (χ4n) is 3.08. The van der Waals surface area contributed by atoms with Crippen LogP contribution in [0, 0.1) is 0 Å². The molecule has 1 heterocycles. The zero-order valence-corrected chi connectivity index (χ0v) is 17.9. The monoisotopic (exact) mass is 433 g/mol. The number of ether oxygens (including phenoxy) is 1. The molecule has 4 nitrogen and oxygen atoms in total. The number of benzene rings is 2. The molecule has 7 heteroatoms. The summed E-state index contributed by atoms with van der Waals surface area (Å²) in [5.74, 6) is 0.943. The number of halogens is 3. The van der Waals surface area contributed by atoms with Gasteiger partial charge in [0, 0.05) is 38.4 Å².